The van der Waals surface area contributed by atoms with Gasteiger partial charge in [-0.15, -0.1) is 0 Å². The summed E-state index contributed by atoms with van der Waals surface area (Å²) in [5, 5.41) is 9.57. The summed E-state index contributed by atoms with van der Waals surface area (Å²) in [6, 6.07) is -0.725. The first kappa shape index (κ1) is 15.7. The number of hydrogen-bond acceptors (Lipinski definition) is 4. The van der Waals surface area contributed by atoms with Crippen LogP contribution in [0.25, 0.3) is 0 Å². The molecule has 0 saturated carbocycles. The van der Waals surface area contributed by atoms with Crippen molar-refractivity contribution in [1.29, 1.82) is 0 Å². The van der Waals surface area contributed by atoms with Crippen molar-refractivity contribution in [3.8, 4) is 0 Å². The topological polar surface area (TPSA) is 51.0 Å². The molecular formula is C13H13F4NO3. The average Bonchev–Trinajstić information content (AvgIpc) is 2.73. The van der Waals surface area contributed by atoms with Crippen molar-refractivity contribution in [2.75, 3.05) is 7.11 Å². The number of aliphatic imine (C=N–C) groups is 1. The summed E-state index contributed by atoms with van der Waals surface area (Å²) in [5.74, 6) is -5.90. The van der Waals surface area contributed by atoms with Crippen LogP contribution < -0.4 is 0 Å². The lowest BCUT2D eigenvalue weighted by Crippen LogP contribution is -2.25. The quantitative estimate of drug-likeness (QED) is 0.687. The third-order valence-electron chi connectivity index (χ3n) is 3.18. The van der Waals surface area contributed by atoms with Gasteiger partial charge < -0.3 is 14.6 Å². The van der Waals surface area contributed by atoms with Crippen LogP contribution in [0.1, 0.15) is 25.0 Å². The third kappa shape index (κ3) is 3.01. The van der Waals surface area contributed by atoms with Crippen LogP contribution >= 0.6 is 0 Å². The van der Waals surface area contributed by atoms with Crippen LogP contribution in [0, 0.1) is 23.3 Å². The van der Waals surface area contributed by atoms with E-state index in [1.165, 1.54) is 6.92 Å². The number of rotatable bonds is 4. The molecule has 8 heteroatoms. The van der Waals surface area contributed by atoms with Gasteiger partial charge in [-0.3, -0.25) is 0 Å². The third-order valence-corrected chi connectivity index (χ3v) is 3.18. The molecule has 1 aliphatic heterocycles. The van der Waals surface area contributed by atoms with Crippen LogP contribution in [0.2, 0.25) is 0 Å². The van der Waals surface area contributed by atoms with E-state index in [1.807, 2.05) is 0 Å². The number of benzene rings is 1. The largest absolute Gasteiger partial charge is 0.450 e. The monoisotopic (exact) mass is 307 g/mol. The van der Waals surface area contributed by atoms with Crippen molar-refractivity contribution >= 4 is 5.90 Å². The smallest absolute Gasteiger partial charge is 0.221 e. The summed E-state index contributed by atoms with van der Waals surface area (Å²) in [6.45, 7) is 1.49. The molecule has 3 atom stereocenters. The molecule has 116 valence electrons. The molecular weight excluding hydrogens is 294 g/mol. The summed E-state index contributed by atoms with van der Waals surface area (Å²) in [6.07, 6.45) is -2.83. The Hall–Kier alpha value is -1.67. The lowest BCUT2D eigenvalue weighted by Gasteiger charge is -2.21. The first-order valence-electron chi connectivity index (χ1n) is 6.10. The van der Waals surface area contributed by atoms with Gasteiger partial charge in [-0.2, -0.15) is 0 Å². The Morgan fingerprint density at radius 2 is 1.86 bits per heavy atom. The minimum absolute atomic E-state index is 0.122. The van der Waals surface area contributed by atoms with E-state index in [9.17, 15) is 22.7 Å². The number of hydrogen-bond donors (Lipinski definition) is 1. The summed E-state index contributed by atoms with van der Waals surface area (Å²) >= 11 is 0. The number of aliphatic hydroxyl groups excluding tert-OH is 1. The predicted octanol–water partition coefficient (Wildman–Crippen LogP) is 2.46. The number of nitrogens with zero attached hydrogens (tertiary/aromatic N) is 1. The van der Waals surface area contributed by atoms with Crippen LogP contribution in [0.15, 0.2) is 11.1 Å². The van der Waals surface area contributed by atoms with E-state index in [2.05, 4.69) is 4.99 Å². The molecule has 1 N–H and O–H groups in total. The Morgan fingerprint density at radius 3 is 2.29 bits per heavy atom. The van der Waals surface area contributed by atoms with Gasteiger partial charge in [0.2, 0.25) is 6.29 Å². The maximum atomic E-state index is 13.7. The zero-order valence-corrected chi connectivity index (χ0v) is 11.2. The van der Waals surface area contributed by atoms with Crippen molar-refractivity contribution < 1.29 is 32.1 Å². The van der Waals surface area contributed by atoms with Crippen LogP contribution in [-0.2, 0) is 9.47 Å². The number of methoxy groups -OCH3 is 1. The molecule has 0 spiro atoms. The minimum atomic E-state index is -1.53. The molecule has 0 bridgehead atoms. The second-order valence-electron chi connectivity index (χ2n) is 4.57. The Morgan fingerprint density at radius 1 is 1.29 bits per heavy atom. The van der Waals surface area contributed by atoms with Gasteiger partial charge >= 0.3 is 0 Å². The Labute approximate surface area is 118 Å². The molecule has 0 saturated heterocycles. The fraction of sp³-hybridized carbons (Fsp3) is 0.462. The van der Waals surface area contributed by atoms with Crippen molar-refractivity contribution in [3.63, 3.8) is 0 Å². The fourth-order valence-corrected chi connectivity index (χ4v) is 2.18. The molecule has 0 amide bonds. The highest BCUT2D eigenvalue weighted by Gasteiger charge is 2.34. The summed E-state index contributed by atoms with van der Waals surface area (Å²) in [5.41, 5.74) is -0.873. The second-order valence-corrected chi connectivity index (χ2v) is 4.57. The predicted molar refractivity (Wildman–Crippen MR) is 64.6 cm³/mol. The van der Waals surface area contributed by atoms with Gasteiger partial charge in [0, 0.05) is 26.5 Å². The normalized spacial score (nSPS) is 22.9. The fourth-order valence-electron chi connectivity index (χ4n) is 2.18. The Kier molecular flexibility index (Phi) is 4.48. The van der Waals surface area contributed by atoms with Gasteiger partial charge in [0.05, 0.1) is 11.7 Å². The molecule has 0 fully saturated rings. The second kappa shape index (κ2) is 5.98. The standard InChI is InChI=1S/C13H13F4NO3/c1-5-18-8(13(19)21-5)4-9(20-2)10-11(16)6(14)3-7(15)12(10)17/h3,8-9,13,19H,4H2,1-2H3. The van der Waals surface area contributed by atoms with Crippen molar-refractivity contribution in [2.24, 2.45) is 4.99 Å². The lowest BCUT2D eigenvalue weighted by molar-refractivity contribution is -0.0412. The van der Waals surface area contributed by atoms with Gasteiger partial charge in [0.25, 0.3) is 0 Å². The first-order chi connectivity index (χ1) is 9.85. The van der Waals surface area contributed by atoms with Crippen LogP contribution in [0.5, 0.6) is 0 Å². The van der Waals surface area contributed by atoms with Gasteiger partial charge in [-0.1, -0.05) is 0 Å². The average molecular weight is 307 g/mol. The van der Waals surface area contributed by atoms with Gasteiger partial charge in [0.1, 0.15) is 6.04 Å². The zero-order valence-electron chi connectivity index (χ0n) is 11.2. The number of aliphatic hydroxyl groups is 1. The van der Waals surface area contributed by atoms with Crippen molar-refractivity contribution in [3.05, 3.63) is 34.9 Å². The molecule has 0 aliphatic carbocycles. The number of halogens is 4. The van der Waals surface area contributed by atoms with Gasteiger partial charge in [-0.05, 0) is 0 Å². The van der Waals surface area contributed by atoms with Gasteiger partial charge in [0.15, 0.2) is 29.2 Å². The van der Waals surface area contributed by atoms with Crippen molar-refractivity contribution in [2.45, 2.75) is 31.8 Å². The zero-order chi connectivity index (χ0) is 15.7. The van der Waals surface area contributed by atoms with E-state index >= 15 is 0 Å². The van der Waals surface area contributed by atoms with E-state index in [4.69, 9.17) is 9.47 Å². The molecule has 1 aromatic carbocycles. The van der Waals surface area contributed by atoms with Crippen molar-refractivity contribution in [1.82, 2.24) is 0 Å². The Bertz CT molecular complexity index is 553. The molecule has 1 heterocycles. The van der Waals surface area contributed by atoms with Crippen LogP contribution in [0.4, 0.5) is 17.6 Å². The van der Waals surface area contributed by atoms with Crippen LogP contribution in [0.3, 0.4) is 0 Å². The molecule has 0 radical (unpaired) electrons. The van der Waals surface area contributed by atoms with Gasteiger partial charge in [-0.25, -0.2) is 22.6 Å². The molecule has 3 unspecified atom stereocenters. The van der Waals surface area contributed by atoms with E-state index in [-0.39, 0.29) is 18.4 Å². The molecule has 1 aromatic rings. The molecule has 21 heavy (non-hydrogen) atoms. The van der Waals surface area contributed by atoms with E-state index in [0.29, 0.717) is 0 Å². The Balaban J connectivity index is 2.34. The molecule has 4 nitrogen and oxygen atoms in total. The highest BCUT2D eigenvalue weighted by Crippen LogP contribution is 2.32. The number of ether oxygens (including phenoxy) is 2. The highest BCUT2D eigenvalue weighted by molar-refractivity contribution is 5.75. The lowest BCUT2D eigenvalue weighted by atomic mass is 10.00. The van der Waals surface area contributed by atoms with E-state index < -0.39 is 47.3 Å². The highest BCUT2D eigenvalue weighted by atomic mass is 19.2. The summed E-state index contributed by atoms with van der Waals surface area (Å²) < 4.78 is 63.7. The summed E-state index contributed by atoms with van der Waals surface area (Å²) in [4.78, 5) is 3.92. The summed E-state index contributed by atoms with van der Waals surface area (Å²) in [7, 11) is 1.13. The van der Waals surface area contributed by atoms with E-state index in [0.717, 1.165) is 7.11 Å². The molecule has 2 rings (SSSR count). The molecule has 1 aliphatic rings. The maximum absolute atomic E-state index is 13.7. The molecule has 0 aromatic heterocycles. The van der Waals surface area contributed by atoms with E-state index in [1.54, 1.807) is 0 Å². The SMILES string of the molecule is COC(CC1N=C(C)OC1O)c1c(F)c(F)cc(F)c1F. The maximum Gasteiger partial charge on any atom is 0.221 e. The van der Waals surface area contributed by atoms with Crippen LogP contribution in [-0.4, -0.2) is 30.4 Å². The minimum Gasteiger partial charge on any atom is -0.450 e. The first-order valence-corrected chi connectivity index (χ1v) is 6.10.